The van der Waals surface area contributed by atoms with Gasteiger partial charge in [-0.1, -0.05) is 19.9 Å². The Kier molecular flexibility index (Phi) is 6.52. The molecular weight excluding hydrogens is 252 g/mol. The highest BCUT2D eigenvalue weighted by Gasteiger charge is 2.14. The van der Waals surface area contributed by atoms with Gasteiger partial charge in [0.1, 0.15) is 6.10 Å². The van der Waals surface area contributed by atoms with E-state index in [2.05, 4.69) is 19.2 Å². The van der Waals surface area contributed by atoms with E-state index in [0.29, 0.717) is 18.2 Å². The van der Waals surface area contributed by atoms with Gasteiger partial charge in [-0.3, -0.25) is 4.79 Å². The Hall–Kier alpha value is -1.55. The molecule has 0 bridgehead atoms. The predicted octanol–water partition coefficient (Wildman–Crippen LogP) is 3.36. The number of aryl methyl sites for hydroxylation is 1. The largest absolute Gasteiger partial charge is 0.399 e. The van der Waals surface area contributed by atoms with Crippen LogP contribution >= 0.6 is 0 Å². The number of carbonyl (C=O) groups is 1. The number of hydrogen-bond acceptors (Lipinski definition) is 3. The van der Waals surface area contributed by atoms with Gasteiger partial charge < -0.3 is 15.8 Å². The first kappa shape index (κ1) is 16.5. The molecule has 4 nitrogen and oxygen atoms in total. The Morgan fingerprint density at radius 3 is 2.70 bits per heavy atom. The minimum absolute atomic E-state index is 0.136. The number of hydrogen-bond donors (Lipinski definition) is 2. The van der Waals surface area contributed by atoms with Gasteiger partial charge in [-0.2, -0.15) is 0 Å². The second-order valence-corrected chi connectivity index (χ2v) is 5.61. The average Bonchev–Trinajstić information content (AvgIpc) is 2.38. The van der Waals surface area contributed by atoms with E-state index in [1.165, 1.54) is 0 Å². The Morgan fingerprint density at radius 2 is 2.05 bits per heavy atom. The van der Waals surface area contributed by atoms with Crippen molar-refractivity contribution in [3.63, 3.8) is 0 Å². The molecule has 0 saturated heterocycles. The minimum atomic E-state index is -0.456. The van der Waals surface area contributed by atoms with E-state index in [4.69, 9.17) is 10.5 Å². The van der Waals surface area contributed by atoms with E-state index in [-0.39, 0.29) is 5.91 Å². The third-order valence-electron chi connectivity index (χ3n) is 3.18. The lowest BCUT2D eigenvalue weighted by Crippen LogP contribution is -2.28. The maximum atomic E-state index is 12.0. The summed E-state index contributed by atoms with van der Waals surface area (Å²) in [5.41, 5.74) is 8.09. The van der Waals surface area contributed by atoms with Crippen LogP contribution in [0.15, 0.2) is 18.2 Å². The van der Waals surface area contributed by atoms with Crippen LogP contribution in [0.25, 0.3) is 0 Å². The lowest BCUT2D eigenvalue weighted by atomic mass is 10.1. The third kappa shape index (κ3) is 5.61. The van der Waals surface area contributed by atoms with Crippen molar-refractivity contribution in [2.45, 2.75) is 46.6 Å². The standard InChI is InChI=1S/C16H26N2O2/c1-11(2)6-5-9-20-13(4)16(19)18-15-10-14(17)8-7-12(15)3/h7-8,10-11,13H,5-6,9,17H2,1-4H3,(H,18,19). The van der Waals surface area contributed by atoms with E-state index in [1.807, 2.05) is 19.1 Å². The van der Waals surface area contributed by atoms with Crippen LogP contribution in [0, 0.1) is 12.8 Å². The molecule has 1 aromatic rings. The number of nitrogens with two attached hydrogens (primary N) is 1. The van der Waals surface area contributed by atoms with Crippen LogP contribution in [-0.2, 0) is 9.53 Å². The van der Waals surface area contributed by atoms with E-state index in [9.17, 15) is 4.79 Å². The van der Waals surface area contributed by atoms with Gasteiger partial charge in [-0.15, -0.1) is 0 Å². The summed E-state index contributed by atoms with van der Waals surface area (Å²) in [6.45, 7) is 8.68. The molecular formula is C16H26N2O2. The number of nitrogen functional groups attached to an aromatic ring is 1. The van der Waals surface area contributed by atoms with Gasteiger partial charge >= 0.3 is 0 Å². The molecule has 1 atom stereocenters. The molecule has 0 aliphatic heterocycles. The molecule has 0 spiro atoms. The highest BCUT2D eigenvalue weighted by atomic mass is 16.5. The molecule has 112 valence electrons. The molecule has 0 fully saturated rings. The van der Waals surface area contributed by atoms with E-state index in [0.717, 1.165) is 24.1 Å². The molecule has 0 saturated carbocycles. The Morgan fingerprint density at radius 1 is 1.35 bits per heavy atom. The summed E-state index contributed by atoms with van der Waals surface area (Å²) in [4.78, 5) is 12.0. The SMILES string of the molecule is Cc1ccc(N)cc1NC(=O)C(C)OCCCC(C)C. The van der Waals surface area contributed by atoms with Gasteiger partial charge in [0.2, 0.25) is 0 Å². The second-order valence-electron chi connectivity index (χ2n) is 5.61. The number of anilines is 2. The molecule has 0 aromatic heterocycles. The van der Waals surface area contributed by atoms with Gasteiger partial charge in [0.15, 0.2) is 0 Å². The van der Waals surface area contributed by atoms with Crippen LogP contribution in [0.5, 0.6) is 0 Å². The monoisotopic (exact) mass is 278 g/mol. The average molecular weight is 278 g/mol. The lowest BCUT2D eigenvalue weighted by molar-refractivity contribution is -0.126. The number of amides is 1. The molecule has 1 aromatic carbocycles. The molecule has 1 amide bonds. The van der Waals surface area contributed by atoms with Gasteiger partial charge in [0.25, 0.3) is 5.91 Å². The predicted molar refractivity (Wildman–Crippen MR) is 83.7 cm³/mol. The van der Waals surface area contributed by atoms with Gasteiger partial charge in [-0.25, -0.2) is 0 Å². The van der Waals surface area contributed by atoms with Gasteiger partial charge in [-0.05, 0) is 50.3 Å². The first-order valence-corrected chi connectivity index (χ1v) is 7.18. The fourth-order valence-electron chi connectivity index (χ4n) is 1.84. The molecule has 0 heterocycles. The molecule has 4 heteroatoms. The second kappa shape index (κ2) is 7.90. The van der Waals surface area contributed by atoms with Crippen LogP contribution in [0.4, 0.5) is 11.4 Å². The first-order valence-electron chi connectivity index (χ1n) is 7.18. The molecule has 0 radical (unpaired) electrons. The summed E-state index contributed by atoms with van der Waals surface area (Å²) in [5.74, 6) is 0.529. The van der Waals surface area contributed by atoms with Crippen molar-refractivity contribution in [1.82, 2.24) is 0 Å². The summed E-state index contributed by atoms with van der Waals surface area (Å²) < 4.78 is 5.55. The van der Waals surface area contributed by atoms with Gasteiger partial charge in [0.05, 0.1) is 0 Å². The fraction of sp³-hybridized carbons (Fsp3) is 0.562. The highest BCUT2D eigenvalue weighted by Crippen LogP contribution is 2.18. The summed E-state index contributed by atoms with van der Waals surface area (Å²) in [5, 5.41) is 2.86. The Balaban J connectivity index is 2.43. The Labute approximate surface area is 121 Å². The molecule has 1 unspecified atom stereocenters. The van der Waals surface area contributed by atoms with Crippen molar-refractivity contribution in [3.8, 4) is 0 Å². The van der Waals surface area contributed by atoms with Crippen molar-refractivity contribution in [3.05, 3.63) is 23.8 Å². The van der Waals surface area contributed by atoms with Crippen LogP contribution < -0.4 is 11.1 Å². The minimum Gasteiger partial charge on any atom is -0.399 e. The summed E-state index contributed by atoms with van der Waals surface area (Å²) in [6, 6.07) is 5.47. The smallest absolute Gasteiger partial charge is 0.253 e. The van der Waals surface area contributed by atoms with Crippen LogP contribution in [0.1, 0.15) is 39.2 Å². The number of benzene rings is 1. The van der Waals surface area contributed by atoms with E-state index < -0.39 is 6.10 Å². The zero-order chi connectivity index (χ0) is 15.1. The number of rotatable bonds is 7. The van der Waals surface area contributed by atoms with Crippen molar-refractivity contribution in [2.75, 3.05) is 17.7 Å². The van der Waals surface area contributed by atoms with Crippen molar-refractivity contribution in [2.24, 2.45) is 5.92 Å². The molecule has 20 heavy (non-hydrogen) atoms. The topological polar surface area (TPSA) is 64.3 Å². The van der Waals surface area contributed by atoms with Gasteiger partial charge in [0, 0.05) is 18.0 Å². The number of carbonyl (C=O) groups excluding carboxylic acids is 1. The lowest BCUT2D eigenvalue weighted by Gasteiger charge is -2.15. The molecule has 0 aliphatic rings. The zero-order valence-electron chi connectivity index (χ0n) is 12.9. The maximum absolute atomic E-state index is 12.0. The summed E-state index contributed by atoms with van der Waals surface area (Å²) in [6.07, 6.45) is 1.64. The summed E-state index contributed by atoms with van der Waals surface area (Å²) in [7, 11) is 0. The van der Waals surface area contributed by atoms with Crippen LogP contribution in [0.2, 0.25) is 0 Å². The number of nitrogens with one attached hydrogen (secondary N) is 1. The van der Waals surface area contributed by atoms with Crippen molar-refractivity contribution < 1.29 is 9.53 Å². The normalized spacial score (nSPS) is 12.4. The number of ether oxygens (including phenoxy) is 1. The quantitative estimate of drug-likeness (QED) is 0.594. The third-order valence-corrected chi connectivity index (χ3v) is 3.18. The maximum Gasteiger partial charge on any atom is 0.253 e. The fourth-order valence-corrected chi connectivity index (χ4v) is 1.84. The molecule has 3 N–H and O–H groups in total. The van der Waals surface area contributed by atoms with E-state index >= 15 is 0 Å². The van der Waals surface area contributed by atoms with Crippen molar-refractivity contribution in [1.29, 1.82) is 0 Å². The Bertz CT molecular complexity index is 444. The van der Waals surface area contributed by atoms with Crippen LogP contribution in [-0.4, -0.2) is 18.6 Å². The first-order chi connectivity index (χ1) is 9.40. The zero-order valence-corrected chi connectivity index (χ0v) is 12.9. The van der Waals surface area contributed by atoms with E-state index in [1.54, 1.807) is 13.0 Å². The van der Waals surface area contributed by atoms with Crippen LogP contribution in [0.3, 0.4) is 0 Å². The highest BCUT2D eigenvalue weighted by molar-refractivity contribution is 5.95. The summed E-state index contributed by atoms with van der Waals surface area (Å²) >= 11 is 0. The van der Waals surface area contributed by atoms with Crippen molar-refractivity contribution >= 4 is 17.3 Å². The molecule has 0 aliphatic carbocycles. The molecule has 1 rings (SSSR count).